The van der Waals surface area contributed by atoms with E-state index < -0.39 is 0 Å². The normalized spacial score (nSPS) is 17.2. The molecular formula is C30H30N4O3. The standard InChI is InChI=1S/C30H30N4O3/c35-29(22-11-12-22)31-18-21-8-4-9-23(16-21)24-13-14-25-26(17-24)33-28(32-25)27-10-5-15-34(27)30(36)37-19-20-6-2-1-3-7-20/h1-4,6-9,13-14,16-17,22,27H,5,10-12,15,18-19H2,(H,31,35)(H,32,33). The second-order valence-corrected chi connectivity index (χ2v) is 9.94. The largest absolute Gasteiger partial charge is 0.445 e. The summed E-state index contributed by atoms with van der Waals surface area (Å²) in [6.45, 7) is 1.46. The number of likely N-dealkylation sites (tertiary alicyclic amines) is 1. The first kappa shape index (κ1) is 23.3. The summed E-state index contributed by atoms with van der Waals surface area (Å²) in [5, 5.41) is 3.04. The zero-order valence-electron chi connectivity index (χ0n) is 20.7. The average Bonchev–Trinajstić information content (AvgIpc) is 3.52. The molecular weight excluding hydrogens is 464 g/mol. The lowest BCUT2D eigenvalue weighted by Crippen LogP contribution is -2.31. The van der Waals surface area contributed by atoms with E-state index in [1.54, 1.807) is 4.90 Å². The molecule has 7 nitrogen and oxygen atoms in total. The Morgan fingerprint density at radius 1 is 0.946 bits per heavy atom. The van der Waals surface area contributed by atoms with E-state index in [2.05, 4.69) is 34.6 Å². The van der Waals surface area contributed by atoms with Gasteiger partial charge in [-0.1, -0.05) is 54.6 Å². The minimum Gasteiger partial charge on any atom is -0.445 e. The SMILES string of the molecule is O=C(NCc1cccc(-c2ccc3nc(C4CCCN4C(=O)OCc4ccccc4)[nH]c3c2)c1)C1CC1. The zero-order valence-corrected chi connectivity index (χ0v) is 20.7. The van der Waals surface area contributed by atoms with E-state index in [0.717, 1.165) is 64.8 Å². The van der Waals surface area contributed by atoms with Crippen molar-refractivity contribution in [1.29, 1.82) is 0 Å². The molecule has 6 rings (SSSR count). The zero-order chi connectivity index (χ0) is 25.2. The number of nitrogens with zero attached hydrogens (tertiary/aromatic N) is 2. The fourth-order valence-electron chi connectivity index (χ4n) is 4.98. The molecule has 3 aromatic carbocycles. The molecule has 2 amide bonds. The first-order valence-electron chi connectivity index (χ1n) is 13.0. The molecule has 1 saturated carbocycles. The first-order chi connectivity index (χ1) is 18.1. The molecule has 1 unspecified atom stereocenters. The lowest BCUT2D eigenvalue weighted by atomic mass is 10.0. The van der Waals surface area contributed by atoms with E-state index in [1.165, 1.54) is 0 Å². The van der Waals surface area contributed by atoms with Crippen LogP contribution in [0.5, 0.6) is 0 Å². The summed E-state index contributed by atoms with van der Waals surface area (Å²) in [6.07, 6.45) is 3.47. The number of hydrogen-bond acceptors (Lipinski definition) is 4. The van der Waals surface area contributed by atoms with Gasteiger partial charge in [-0.2, -0.15) is 0 Å². The van der Waals surface area contributed by atoms with Crippen molar-refractivity contribution in [2.75, 3.05) is 6.54 Å². The van der Waals surface area contributed by atoms with E-state index in [9.17, 15) is 9.59 Å². The molecule has 0 bridgehead atoms. The van der Waals surface area contributed by atoms with Crippen LogP contribution in [0.4, 0.5) is 4.79 Å². The molecule has 2 heterocycles. The van der Waals surface area contributed by atoms with Crippen LogP contribution in [-0.2, 0) is 22.7 Å². The highest BCUT2D eigenvalue weighted by Gasteiger charge is 2.33. The van der Waals surface area contributed by atoms with E-state index in [4.69, 9.17) is 9.72 Å². The number of fused-ring (bicyclic) bond motifs is 1. The van der Waals surface area contributed by atoms with Crippen molar-refractivity contribution in [3.05, 3.63) is 89.7 Å². The number of carbonyl (C=O) groups excluding carboxylic acids is 2. The maximum Gasteiger partial charge on any atom is 0.410 e. The number of ether oxygens (including phenoxy) is 1. The van der Waals surface area contributed by atoms with Crippen LogP contribution < -0.4 is 5.32 Å². The Balaban J connectivity index is 1.16. The van der Waals surface area contributed by atoms with Crippen LogP contribution in [-0.4, -0.2) is 33.4 Å². The number of aromatic amines is 1. The van der Waals surface area contributed by atoms with Gasteiger partial charge in [-0.15, -0.1) is 0 Å². The predicted molar refractivity (Wildman–Crippen MR) is 141 cm³/mol. The maximum atomic E-state index is 12.9. The van der Waals surface area contributed by atoms with E-state index in [-0.39, 0.29) is 30.6 Å². The number of rotatable bonds is 7. The van der Waals surface area contributed by atoms with Crippen molar-refractivity contribution < 1.29 is 14.3 Å². The van der Waals surface area contributed by atoms with Crippen LogP contribution in [0.1, 0.15) is 48.7 Å². The third-order valence-electron chi connectivity index (χ3n) is 7.18. The van der Waals surface area contributed by atoms with Crippen molar-refractivity contribution in [3.8, 4) is 11.1 Å². The number of nitrogens with one attached hydrogen (secondary N) is 2. The molecule has 1 aromatic heterocycles. The van der Waals surface area contributed by atoms with Gasteiger partial charge in [-0.25, -0.2) is 9.78 Å². The van der Waals surface area contributed by atoms with Gasteiger partial charge in [0.25, 0.3) is 0 Å². The number of benzene rings is 3. The van der Waals surface area contributed by atoms with Gasteiger partial charge in [0.05, 0.1) is 17.1 Å². The maximum absolute atomic E-state index is 12.9. The average molecular weight is 495 g/mol. The van der Waals surface area contributed by atoms with Gasteiger partial charge in [0, 0.05) is 19.0 Å². The third kappa shape index (κ3) is 5.21. The molecule has 1 atom stereocenters. The minimum atomic E-state index is -0.307. The van der Waals surface area contributed by atoms with Crippen molar-refractivity contribution in [3.63, 3.8) is 0 Å². The third-order valence-corrected chi connectivity index (χ3v) is 7.18. The van der Waals surface area contributed by atoms with Gasteiger partial charge in [0.1, 0.15) is 12.4 Å². The number of amides is 2. The highest BCUT2D eigenvalue weighted by molar-refractivity contribution is 5.83. The Labute approximate surface area is 215 Å². The van der Waals surface area contributed by atoms with Crippen molar-refractivity contribution in [1.82, 2.24) is 20.2 Å². The van der Waals surface area contributed by atoms with Crippen LogP contribution in [0.2, 0.25) is 0 Å². The number of hydrogen-bond donors (Lipinski definition) is 2. The molecule has 4 aromatic rings. The van der Waals surface area contributed by atoms with Crippen LogP contribution in [0.25, 0.3) is 22.2 Å². The van der Waals surface area contributed by atoms with E-state index >= 15 is 0 Å². The Bertz CT molecular complexity index is 1430. The highest BCUT2D eigenvalue weighted by Crippen LogP contribution is 2.33. The molecule has 0 spiro atoms. The predicted octanol–water partition coefficient (Wildman–Crippen LogP) is 5.73. The van der Waals surface area contributed by atoms with Crippen molar-refractivity contribution in [2.24, 2.45) is 5.92 Å². The first-order valence-corrected chi connectivity index (χ1v) is 13.0. The van der Waals surface area contributed by atoms with Gasteiger partial charge in [-0.05, 0) is 66.1 Å². The molecule has 2 N–H and O–H groups in total. The fourth-order valence-corrected chi connectivity index (χ4v) is 4.98. The molecule has 37 heavy (non-hydrogen) atoms. The Morgan fingerprint density at radius 2 is 1.76 bits per heavy atom. The number of H-pyrrole nitrogens is 1. The van der Waals surface area contributed by atoms with Crippen LogP contribution in [0.15, 0.2) is 72.8 Å². The van der Waals surface area contributed by atoms with Crippen molar-refractivity contribution >= 4 is 23.0 Å². The van der Waals surface area contributed by atoms with Crippen molar-refractivity contribution in [2.45, 2.75) is 44.9 Å². The lowest BCUT2D eigenvalue weighted by molar-refractivity contribution is -0.122. The molecule has 1 aliphatic heterocycles. The van der Waals surface area contributed by atoms with Gasteiger partial charge in [-0.3, -0.25) is 9.69 Å². The highest BCUT2D eigenvalue weighted by atomic mass is 16.6. The van der Waals surface area contributed by atoms with Crippen LogP contribution in [0, 0.1) is 5.92 Å². The van der Waals surface area contributed by atoms with Gasteiger partial charge >= 0.3 is 6.09 Å². The summed E-state index contributed by atoms with van der Waals surface area (Å²) >= 11 is 0. The van der Waals surface area contributed by atoms with Crippen LogP contribution in [0.3, 0.4) is 0 Å². The number of imidazole rings is 1. The summed E-state index contributed by atoms with van der Waals surface area (Å²) in [4.78, 5) is 34.9. The van der Waals surface area contributed by atoms with E-state index in [1.807, 2.05) is 48.5 Å². The Hall–Kier alpha value is -4.13. The van der Waals surface area contributed by atoms with Gasteiger partial charge in [0.2, 0.25) is 5.91 Å². The molecule has 0 radical (unpaired) electrons. The summed E-state index contributed by atoms with van der Waals surface area (Å²) in [7, 11) is 0. The summed E-state index contributed by atoms with van der Waals surface area (Å²) in [5.74, 6) is 1.15. The Morgan fingerprint density at radius 3 is 2.59 bits per heavy atom. The molecule has 7 heteroatoms. The Kier molecular flexibility index (Phi) is 6.35. The second-order valence-electron chi connectivity index (χ2n) is 9.94. The molecule has 2 aliphatic rings. The van der Waals surface area contributed by atoms with Gasteiger partial charge < -0.3 is 15.0 Å². The number of aromatic nitrogens is 2. The fraction of sp³-hybridized carbons (Fsp3) is 0.300. The topological polar surface area (TPSA) is 87.3 Å². The second kappa shape index (κ2) is 10.1. The molecule has 1 aliphatic carbocycles. The minimum absolute atomic E-state index is 0.127. The summed E-state index contributed by atoms with van der Waals surface area (Å²) in [6, 6.07) is 24.0. The van der Waals surface area contributed by atoms with E-state index in [0.29, 0.717) is 13.1 Å². The quantitative estimate of drug-likeness (QED) is 0.344. The monoisotopic (exact) mass is 494 g/mol. The smallest absolute Gasteiger partial charge is 0.410 e. The lowest BCUT2D eigenvalue weighted by Gasteiger charge is -2.22. The van der Waals surface area contributed by atoms with Gasteiger partial charge in [0.15, 0.2) is 0 Å². The molecule has 188 valence electrons. The molecule has 2 fully saturated rings. The summed E-state index contributed by atoms with van der Waals surface area (Å²) in [5.41, 5.74) is 6.01. The number of carbonyl (C=O) groups is 2. The van der Waals surface area contributed by atoms with Crippen LogP contribution >= 0.6 is 0 Å². The molecule has 1 saturated heterocycles. The summed E-state index contributed by atoms with van der Waals surface area (Å²) < 4.78 is 5.60.